The summed E-state index contributed by atoms with van der Waals surface area (Å²) in [4.78, 5) is 5.75. The van der Waals surface area contributed by atoms with Crippen molar-refractivity contribution in [1.82, 2.24) is 5.43 Å². The van der Waals surface area contributed by atoms with Gasteiger partial charge in [-0.25, -0.2) is 8.78 Å². The van der Waals surface area contributed by atoms with E-state index in [9.17, 15) is 8.78 Å². The third-order valence-corrected chi connectivity index (χ3v) is 4.93. The molecule has 0 spiro atoms. The maximum atomic E-state index is 13.2. The van der Waals surface area contributed by atoms with Crippen LogP contribution in [0.4, 0.5) is 8.78 Å². The first-order valence-electron chi connectivity index (χ1n) is 6.70. The second-order valence-corrected chi connectivity index (χ2v) is 6.60. The molecule has 0 saturated carbocycles. The lowest BCUT2D eigenvalue weighted by atomic mass is 10.1. The molecule has 114 valence electrons. The van der Waals surface area contributed by atoms with Crippen molar-refractivity contribution in [3.8, 4) is 0 Å². The van der Waals surface area contributed by atoms with Crippen LogP contribution in [0.3, 0.4) is 0 Å². The first-order chi connectivity index (χ1) is 10.7. The molecule has 0 atom stereocenters. The van der Waals surface area contributed by atoms with E-state index in [4.69, 9.17) is 0 Å². The normalized spacial score (nSPS) is 16.5. The van der Waals surface area contributed by atoms with Crippen molar-refractivity contribution >= 4 is 34.0 Å². The Hall–Kier alpha value is -1.73. The van der Waals surface area contributed by atoms with Gasteiger partial charge in [0.25, 0.3) is 0 Å². The summed E-state index contributed by atoms with van der Waals surface area (Å²) >= 11 is 3.23. The van der Waals surface area contributed by atoms with Crippen LogP contribution >= 0.6 is 23.1 Å². The summed E-state index contributed by atoms with van der Waals surface area (Å²) in [5.74, 6) is -1.13. The molecule has 1 N–H and O–H groups in total. The first kappa shape index (κ1) is 15.2. The highest BCUT2D eigenvalue weighted by atomic mass is 32.2. The maximum absolute atomic E-state index is 13.2. The zero-order valence-electron chi connectivity index (χ0n) is 11.6. The van der Waals surface area contributed by atoms with Crippen molar-refractivity contribution in [2.75, 3.05) is 12.3 Å². The Kier molecular flexibility index (Phi) is 4.84. The highest BCUT2D eigenvalue weighted by Gasteiger charge is 2.14. The van der Waals surface area contributed by atoms with Crippen molar-refractivity contribution in [3.63, 3.8) is 0 Å². The third kappa shape index (κ3) is 3.72. The fourth-order valence-corrected chi connectivity index (χ4v) is 3.44. The lowest BCUT2D eigenvalue weighted by Gasteiger charge is -2.15. The van der Waals surface area contributed by atoms with Crippen LogP contribution in [-0.2, 0) is 6.42 Å². The summed E-state index contributed by atoms with van der Waals surface area (Å²) in [7, 11) is 0. The van der Waals surface area contributed by atoms with Crippen LogP contribution < -0.4 is 5.43 Å². The molecule has 0 fully saturated rings. The van der Waals surface area contributed by atoms with Crippen molar-refractivity contribution in [2.24, 2.45) is 10.1 Å². The summed E-state index contributed by atoms with van der Waals surface area (Å²) < 4.78 is 26.2. The minimum absolute atomic E-state index is 0.579. The molecule has 0 radical (unpaired) electrons. The van der Waals surface area contributed by atoms with Gasteiger partial charge in [0.15, 0.2) is 16.8 Å². The predicted octanol–water partition coefficient (Wildman–Crippen LogP) is 3.67. The van der Waals surface area contributed by atoms with Gasteiger partial charge in [-0.1, -0.05) is 17.8 Å². The molecule has 1 aromatic carbocycles. The lowest BCUT2D eigenvalue weighted by molar-refractivity contribution is 0.508. The smallest absolute Gasteiger partial charge is 0.177 e. The van der Waals surface area contributed by atoms with Crippen molar-refractivity contribution in [1.29, 1.82) is 0 Å². The number of hydrogen-bond donors (Lipinski definition) is 1. The van der Waals surface area contributed by atoms with Gasteiger partial charge in [-0.15, -0.1) is 11.3 Å². The summed E-state index contributed by atoms with van der Waals surface area (Å²) in [5.41, 5.74) is 4.13. The van der Waals surface area contributed by atoms with Gasteiger partial charge in [-0.05, 0) is 29.6 Å². The van der Waals surface area contributed by atoms with Crippen molar-refractivity contribution < 1.29 is 8.78 Å². The van der Waals surface area contributed by atoms with Gasteiger partial charge in [-0.2, -0.15) is 5.10 Å². The second-order valence-electron chi connectivity index (χ2n) is 4.60. The summed E-state index contributed by atoms with van der Waals surface area (Å²) in [6, 6.07) is 7.92. The average molecular weight is 337 g/mol. The number of nitrogens with zero attached hydrogens (tertiary/aromatic N) is 2. The zero-order valence-corrected chi connectivity index (χ0v) is 13.2. The summed E-state index contributed by atoms with van der Waals surface area (Å²) in [6.45, 7) is 0.700. The molecule has 22 heavy (non-hydrogen) atoms. The Balaban J connectivity index is 1.60. The Morgan fingerprint density at radius 3 is 2.82 bits per heavy atom. The van der Waals surface area contributed by atoms with E-state index >= 15 is 0 Å². The molecular weight excluding hydrogens is 324 g/mol. The molecule has 1 aliphatic heterocycles. The van der Waals surface area contributed by atoms with Crippen LogP contribution in [0.25, 0.3) is 0 Å². The van der Waals surface area contributed by atoms with E-state index in [0.717, 1.165) is 23.7 Å². The van der Waals surface area contributed by atoms with Crippen LogP contribution in [-0.4, -0.2) is 23.2 Å². The molecule has 3 nitrogen and oxygen atoms in total. The number of benzene rings is 1. The molecule has 0 saturated heterocycles. The molecule has 3 rings (SSSR count). The van der Waals surface area contributed by atoms with Crippen LogP contribution in [0.15, 0.2) is 45.8 Å². The van der Waals surface area contributed by atoms with Gasteiger partial charge in [-0.3, -0.25) is 10.4 Å². The van der Waals surface area contributed by atoms with Crippen LogP contribution in [0.1, 0.15) is 10.4 Å². The lowest BCUT2D eigenvalue weighted by Crippen LogP contribution is -2.25. The molecule has 2 aromatic rings. The topological polar surface area (TPSA) is 36.8 Å². The maximum Gasteiger partial charge on any atom is 0.177 e. The van der Waals surface area contributed by atoms with Gasteiger partial charge < -0.3 is 0 Å². The Labute approximate surface area is 135 Å². The van der Waals surface area contributed by atoms with Crippen LogP contribution in [0, 0.1) is 11.6 Å². The largest absolute Gasteiger partial charge is 0.261 e. The number of halogens is 2. The van der Waals surface area contributed by atoms with E-state index in [1.165, 1.54) is 22.7 Å². The third-order valence-electron chi connectivity index (χ3n) is 3.08. The van der Waals surface area contributed by atoms with Crippen molar-refractivity contribution in [3.05, 3.63) is 57.8 Å². The molecule has 0 unspecified atom stereocenters. The van der Waals surface area contributed by atoms with Crippen LogP contribution in [0.5, 0.6) is 0 Å². The van der Waals surface area contributed by atoms with E-state index in [1.807, 2.05) is 6.07 Å². The van der Waals surface area contributed by atoms with Crippen LogP contribution in [0.2, 0.25) is 0 Å². The standard InChI is InChI=1S/C15H13F2N3S2/c16-12-4-3-10(8-13(12)17)14-9-22-15(20-19-14)18-6-5-11-2-1-7-21-11/h1-4,7-8H,5-6,9H2,(H,18,20). The highest BCUT2D eigenvalue weighted by molar-refractivity contribution is 8.14. The summed E-state index contributed by atoms with van der Waals surface area (Å²) in [6.07, 6.45) is 0.906. The molecule has 0 bridgehead atoms. The number of amidine groups is 1. The minimum atomic E-state index is -0.861. The molecule has 1 aliphatic rings. The number of rotatable bonds is 4. The van der Waals surface area contributed by atoms with E-state index in [2.05, 4.69) is 27.0 Å². The summed E-state index contributed by atoms with van der Waals surface area (Å²) in [5, 5.41) is 7.00. The Bertz CT molecular complexity index is 712. The molecule has 7 heteroatoms. The van der Waals surface area contributed by atoms with Crippen molar-refractivity contribution in [2.45, 2.75) is 6.42 Å². The molecular formula is C15H13F2N3S2. The number of thiophene rings is 1. The van der Waals surface area contributed by atoms with E-state index in [1.54, 1.807) is 11.3 Å². The second kappa shape index (κ2) is 7.02. The van der Waals surface area contributed by atoms with E-state index in [0.29, 0.717) is 23.6 Å². The first-order valence-corrected chi connectivity index (χ1v) is 8.56. The number of hydrazone groups is 1. The number of nitrogens with one attached hydrogen (secondary N) is 1. The van der Waals surface area contributed by atoms with Gasteiger partial charge in [0.05, 0.1) is 5.71 Å². The monoisotopic (exact) mass is 337 g/mol. The SMILES string of the molecule is Fc1ccc(C2=NNC(=NCCc3cccs3)SC2)cc1F. The fourth-order valence-electron chi connectivity index (χ4n) is 1.94. The van der Waals surface area contributed by atoms with E-state index < -0.39 is 11.6 Å². The number of hydrogen-bond acceptors (Lipinski definition) is 4. The quantitative estimate of drug-likeness (QED) is 0.924. The Morgan fingerprint density at radius 1 is 1.23 bits per heavy atom. The molecule has 0 amide bonds. The predicted molar refractivity (Wildman–Crippen MR) is 88.8 cm³/mol. The van der Waals surface area contributed by atoms with Gasteiger partial charge in [0.1, 0.15) is 0 Å². The highest BCUT2D eigenvalue weighted by Crippen LogP contribution is 2.16. The fraction of sp³-hybridized carbons (Fsp3) is 0.200. The van der Waals surface area contributed by atoms with Gasteiger partial charge in [0, 0.05) is 29.2 Å². The van der Waals surface area contributed by atoms with Gasteiger partial charge in [0.2, 0.25) is 0 Å². The molecule has 1 aromatic heterocycles. The van der Waals surface area contributed by atoms with Gasteiger partial charge >= 0.3 is 0 Å². The Morgan fingerprint density at radius 2 is 2.14 bits per heavy atom. The van der Waals surface area contributed by atoms with E-state index in [-0.39, 0.29) is 0 Å². The average Bonchev–Trinajstić information content (AvgIpc) is 3.04. The number of aliphatic imine (C=N–C) groups is 1. The molecule has 2 heterocycles. The molecule has 0 aliphatic carbocycles. The zero-order chi connectivity index (χ0) is 15.4. The minimum Gasteiger partial charge on any atom is -0.261 e. The number of thioether (sulfide) groups is 1.